The van der Waals surface area contributed by atoms with Gasteiger partial charge < -0.3 is 29.9 Å². The SMILES string of the molecule is CCC(C)(C(=O)OC1CC(C(C)(O)C(F)(F)F)CC(C(C)(O)C(F)(F)F)C1)C(F)(F)F.CCC(C)(C(=O)OC1CC(C(C)(O)C(F)(F)F)CC(C(C)(O)C(F)(F)F)C1)C(F)(F)F. The number of aliphatic hydroxyl groups is 4. The van der Waals surface area contributed by atoms with Gasteiger partial charge in [-0.05, 0) is 92.9 Å². The summed E-state index contributed by atoms with van der Waals surface area (Å²) in [6.45, 7) is 4.30. The van der Waals surface area contributed by atoms with Crippen molar-refractivity contribution < 1.29 is 119 Å². The highest BCUT2D eigenvalue weighted by molar-refractivity contribution is 5.78. The summed E-state index contributed by atoms with van der Waals surface area (Å²) in [7, 11) is 0. The monoisotopic (exact) mass is 952 g/mol. The molecule has 0 aromatic heterocycles. The first-order chi connectivity index (χ1) is 27.0. The van der Waals surface area contributed by atoms with E-state index in [1.807, 2.05) is 0 Å². The van der Waals surface area contributed by atoms with Gasteiger partial charge in [-0.2, -0.15) is 79.0 Å². The van der Waals surface area contributed by atoms with Crippen LogP contribution in [0.25, 0.3) is 0 Å². The Morgan fingerprint density at radius 1 is 0.387 bits per heavy atom. The molecule has 0 aliphatic heterocycles. The van der Waals surface area contributed by atoms with E-state index in [0.29, 0.717) is 41.5 Å². The Labute approximate surface area is 343 Å². The molecule has 0 aromatic carbocycles. The zero-order chi connectivity index (χ0) is 49.7. The third kappa shape index (κ3) is 11.7. The summed E-state index contributed by atoms with van der Waals surface area (Å²) in [5, 5.41) is 39.8. The van der Waals surface area contributed by atoms with Crippen LogP contribution in [0.4, 0.5) is 79.0 Å². The normalized spacial score (nSPS) is 29.5. The predicted molar refractivity (Wildman–Crippen MR) is 177 cm³/mol. The van der Waals surface area contributed by atoms with Gasteiger partial charge in [-0.25, -0.2) is 0 Å². The summed E-state index contributed by atoms with van der Waals surface area (Å²) in [6, 6.07) is 0. The second kappa shape index (κ2) is 18.1. The predicted octanol–water partition coefficient (Wildman–Crippen LogP) is 9.84. The molecular weight excluding hydrogens is 902 g/mol. The Morgan fingerprint density at radius 3 is 0.694 bits per heavy atom. The molecule has 26 heteroatoms. The van der Waals surface area contributed by atoms with Gasteiger partial charge in [-0.15, -0.1) is 0 Å². The van der Waals surface area contributed by atoms with Gasteiger partial charge >= 0.3 is 49.0 Å². The van der Waals surface area contributed by atoms with E-state index in [9.17, 15) is 109 Å². The van der Waals surface area contributed by atoms with Crippen molar-refractivity contribution in [2.45, 2.75) is 178 Å². The topological polar surface area (TPSA) is 134 Å². The van der Waals surface area contributed by atoms with Crippen LogP contribution in [0, 0.1) is 34.5 Å². The Morgan fingerprint density at radius 2 is 0.565 bits per heavy atom. The number of esters is 2. The number of carbonyl (C=O) groups excluding carboxylic acids is 2. The van der Waals surface area contributed by atoms with Crippen molar-refractivity contribution in [3.8, 4) is 0 Å². The molecule has 2 aliphatic carbocycles. The smallest absolute Gasteiger partial charge is 0.417 e. The van der Waals surface area contributed by atoms with E-state index in [1.165, 1.54) is 0 Å². The second-order valence-corrected chi connectivity index (χ2v) is 17.2. The summed E-state index contributed by atoms with van der Waals surface area (Å²) in [5.41, 5.74) is -20.2. The maximum Gasteiger partial charge on any atom is 0.417 e. The highest BCUT2D eigenvalue weighted by Crippen LogP contribution is 2.53. The molecule has 10 atom stereocenters. The van der Waals surface area contributed by atoms with E-state index in [0.717, 1.165) is 13.8 Å². The zero-order valence-electron chi connectivity index (χ0n) is 34.3. The quantitative estimate of drug-likeness (QED) is 0.126. The van der Waals surface area contributed by atoms with Crippen LogP contribution in [-0.2, 0) is 19.1 Å². The first kappa shape index (κ1) is 57.5. The molecule has 0 aromatic rings. The third-order valence-corrected chi connectivity index (χ3v) is 12.9. The van der Waals surface area contributed by atoms with E-state index in [-0.39, 0.29) is 0 Å². The maximum absolute atomic E-state index is 13.3. The molecule has 2 fully saturated rings. The van der Waals surface area contributed by atoms with E-state index in [2.05, 4.69) is 0 Å². The van der Waals surface area contributed by atoms with Gasteiger partial charge in [0.2, 0.25) is 0 Å². The fourth-order valence-electron chi connectivity index (χ4n) is 6.97. The minimum absolute atomic E-state index is 0.313. The van der Waals surface area contributed by atoms with Gasteiger partial charge in [0, 0.05) is 23.7 Å². The van der Waals surface area contributed by atoms with Crippen LogP contribution in [0.3, 0.4) is 0 Å². The number of hydrogen-bond donors (Lipinski definition) is 4. The molecule has 2 aliphatic rings. The van der Waals surface area contributed by atoms with Crippen LogP contribution in [0.5, 0.6) is 0 Å². The van der Waals surface area contributed by atoms with E-state index >= 15 is 0 Å². The molecule has 2 saturated carbocycles. The van der Waals surface area contributed by atoms with Gasteiger partial charge in [0.15, 0.2) is 33.2 Å². The first-order valence-electron chi connectivity index (χ1n) is 18.8. The first-order valence-corrected chi connectivity index (χ1v) is 18.8. The Bertz CT molecular complexity index is 1350. The van der Waals surface area contributed by atoms with Crippen LogP contribution in [0.1, 0.15) is 107 Å². The lowest BCUT2D eigenvalue weighted by Gasteiger charge is -2.46. The second-order valence-electron chi connectivity index (χ2n) is 17.2. The number of rotatable bonds is 10. The highest BCUT2D eigenvalue weighted by Gasteiger charge is 2.65. The average molecular weight is 953 g/mol. The lowest BCUT2D eigenvalue weighted by Crippen LogP contribution is -2.57. The summed E-state index contributed by atoms with van der Waals surface area (Å²) in [5.74, 6) is -11.6. The molecule has 4 N–H and O–H groups in total. The van der Waals surface area contributed by atoms with Crippen molar-refractivity contribution in [2.75, 3.05) is 0 Å². The lowest BCUT2D eigenvalue weighted by atomic mass is 9.67. The lowest BCUT2D eigenvalue weighted by molar-refractivity contribution is -0.300. The summed E-state index contributed by atoms with van der Waals surface area (Å²) in [4.78, 5) is 24.4. The number of halogens is 18. The van der Waals surface area contributed by atoms with Crippen molar-refractivity contribution in [3.63, 3.8) is 0 Å². The zero-order valence-corrected chi connectivity index (χ0v) is 34.3. The third-order valence-electron chi connectivity index (χ3n) is 12.9. The summed E-state index contributed by atoms with van der Waals surface area (Å²) < 4.78 is 248. The molecule has 2 rings (SSSR count). The van der Waals surface area contributed by atoms with Gasteiger partial charge in [-0.3, -0.25) is 9.59 Å². The Balaban J connectivity index is 0.000000620. The molecule has 0 amide bonds. The van der Waals surface area contributed by atoms with E-state index in [4.69, 9.17) is 9.47 Å². The van der Waals surface area contributed by atoms with Crippen molar-refractivity contribution in [2.24, 2.45) is 34.5 Å². The van der Waals surface area contributed by atoms with E-state index in [1.54, 1.807) is 0 Å². The van der Waals surface area contributed by atoms with Crippen molar-refractivity contribution in [1.82, 2.24) is 0 Å². The number of hydrogen-bond acceptors (Lipinski definition) is 8. The molecule has 0 saturated heterocycles. The number of ether oxygens (including phenoxy) is 2. The minimum Gasteiger partial charge on any atom is -0.462 e. The Hall–Kier alpha value is -2.48. The molecule has 8 nitrogen and oxygen atoms in total. The van der Waals surface area contributed by atoms with Crippen LogP contribution in [-0.4, -0.2) is 104 Å². The molecule has 368 valence electrons. The standard InChI is InChI=1S/2C18H25F9O4/c2*1-5-13(2,16(19,20)21)12(28)31-11-7-9(14(3,29)17(22,23)24)6-10(8-11)15(4,30)18(25,26)27/h2*9-11,29-30H,5-8H2,1-4H3. The van der Waals surface area contributed by atoms with Crippen molar-refractivity contribution in [1.29, 1.82) is 0 Å². The molecular formula is C36H50F18O8. The highest BCUT2D eigenvalue weighted by atomic mass is 19.4. The van der Waals surface area contributed by atoms with Gasteiger partial charge in [0.25, 0.3) is 0 Å². The van der Waals surface area contributed by atoms with Crippen molar-refractivity contribution >= 4 is 11.9 Å². The van der Waals surface area contributed by atoms with Crippen LogP contribution in [0.2, 0.25) is 0 Å². The minimum atomic E-state index is -5.29. The molecule has 0 radical (unpaired) electrons. The van der Waals surface area contributed by atoms with E-state index < -0.39 is 169 Å². The van der Waals surface area contributed by atoms with Gasteiger partial charge in [-0.1, -0.05) is 13.8 Å². The fourth-order valence-corrected chi connectivity index (χ4v) is 6.97. The largest absolute Gasteiger partial charge is 0.462 e. The molecule has 0 bridgehead atoms. The number of carbonyl (C=O) groups is 2. The van der Waals surface area contributed by atoms with Crippen LogP contribution < -0.4 is 0 Å². The fraction of sp³-hybridized carbons (Fsp3) is 0.944. The molecule has 10 unspecified atom stereocenters. The summed E-state index contributed by atoms with van der Waals surface area (Å²) >= 11 is 0. The maximum atomic E-state index is 13.3. The van der Waals surface area contributed by atoms with Crippen LogP contribution >= 0.6 is 0 Å². The van der Waals surface area contributed by atoms with Gasteiger partial charge in [0.1, 0.15) is 12.2 Å². The summed E-state index contributed by atoms with van der Waals surface area (Å²) in [6.07, 6.45) is -41.7. The average Bonchev–Trinajstić information content (AvgIpc) is 3.07. The molecule has 0 heterocycles. The number of alkyl halides is 18. The van der Waals surface area contributed by atoms with Crippen molar-refractivity contribution in [3.05, 3.63) is 0 Å². The molecule has 62 heavy (non-hydrogen) atoms. The van der Waals surface area contributed by atoms with Gasteiger partial charge in [0.05, 0.1) is 0 Å². The molecule has 0 spiro atoms. The Kier molecular flexibility index (Phi) is 16.8. The van der Waals surface area contributed by atoms with Crippen LogP contribution in [0.15, 0.2) is 0 Å².